The molecule has 0 aliphatic rings. The molecule has 0 aromatic heterocycles. The molecule has 0 aliphatic heterocycles. The van der Waals surface area contributed by atoms with E-state index >= 15 is 0 Å². The lowest BCUT2D eigenvalue weighted by atomic mass is 10.1. The van der Waals surface area contributed by atoms with Gasteiger partial charge in [0.2, 0.25) is 0 Å². The van der Waals surface area contributed by atoms with Crippen LogP contribution in [-0.2, 0) is 15.3 Å². The van der Waals surface area contributed by atoms with Gasteiger partial charge in [0.25, 0.3) is 0 Å². The van der Waals surface area contributed by atoms with Gasteiger partial charge < -0.3 is 4.74 Å². The molecule has 0 spiro atoms. The van der Waals surface area contributed by atoms with Gasteiger partial charge >= 0.3 is 5.97 Å². The summed E-state index contributed by atoms with van der Waals surface area (Å²) >= 11 is 1.63. The molecule has 0 unspecified atom stereocenters. The van der Waals surface area contributed by atoms with Crippen molar-refractivity contribution in [3.63, 3.8) is 0 Å². The fraction of sp³-hybridized carbons (Fsp3) is 0.500. The average molecular weight is 252 g/mol. The Morgan fingerprint density at radius 1 is 1.29 bits per heavy atom. The first-order valence-corrected chi connectivity index (χ1v) is 7.11. The third-order valence-corrected chi connectivity index (χ3v) is 3.16. The number of carbonyl (C=O) groups is 1. The Balaban J connectivity index is 2.06. The topological polar surface area (TPSA) is 26.3 Å². The molecular weight excluding hydrogens is 232 g/mol. The maximum Gasteiger partial charge on any atom is 0.306 e. The predicted molar refractivity (Wildman–Crippen MR) is 72.8 cm³/mol. The summed E-state index contributed by atoms with van der Waals surface area (Å²) in [5, 5.41) is 0. The highest BCUT2D eigenvalue weighted by molar-refractivity contribution is 7.98. The molecule has 94 valence electrons. The van der Waals surface area contributed by atoms with Crippen molar-refractivity contribution in [1.29, 1.82) is 0 Å². The summed E-state index contributed by atoms with van der Waals surface area (Å²) in [6.45, 7) is 4.22. The number of esters is 1. The summed E-state index contributed by atoms with van der Waals surface area (Å²) in [6, 6.07) is 10.2. The highest BCUT2D eigenvalue weighted by Crippen LogP contribution is 2.12. The van der Waals surface area contributed by atoms with Crippen molar-refractivity contribution >= 4 is 17.7 Å². The van der Waals surface area contributed by atoms with Crippen LogP contribution in [0, 0.1) is 5.92 Å². The second kappa shape index (κ2) is 8.18. The second-order valence-electron chi connectivity index (χ2n) is 4.40. The lowest BCUT2D eigenvalue weighted by molar-refractivity contribution is -0.141. The van der Waals surface area contributed by atoms with E-state index in [1.165, 1.54) is 5.56 Å². The summed E-state index contributed by atoms with van der Waals surface area (Å²) in [4.78, 5) is 11.3. The van der Waals surface area contributed by atoms with Crippen LogP contribution in [0.5, 0.6) is 0 Å². The molecule has 0 bridgehead atoms. The number of rotatable bonds is 7. The first-order valence-electron chi connectivity index (χ1n) is 5.96. The zero-order chi connectivity index (χ0) is 12.5. The molecule has 3 heteroatoms. The lowest BCUT2D eigenvalue weighted by Gasteiger charge is -2.06. The third-order valence-electron chi connectivity index (χ3n) is 2.34. The SMILES string of the molecule is CC(C)CCC(=O)OCSCc1ccccc1. The standard InChI is InChI=1S/C14H20O2S/c1-12(2)8-9-14(15)16-11-17-10-13-6-4-3-5-7-13/h3-7,12H,8-11H2,1-2H3. The molecule has 0 amide bonds. The van der Waals surface area contributed by atoms with Crippen molar-refractivity contribution < 1.29 is 9.53 Å². The van der Waals surface area contributed by atoms with Crippen molar-refractivity contribution in [3.8, 4) is 0 Å². The molecule has 2 nitrogen and oxygen atoms in total. The van der Waals surface area contributed by atoms with Crippen molar-refractivity contribution in [3.05, 3.63) is 35.9 Å². The second-order valence-corrected chi connectivity index (χ2v) is 5.33. The van der Waals surface area contributed by atoms with Crippen molar-refractivity contribution in [2.75, 3.05) is 5.94 Å². The average Bonchev–Trinajstić information content (AvgIpc) is 2.33. The molecule has 1 aromatic rings. The highest BCUT2D eigenvalue weighted by Gasteiger charge is 2.04. The van der Waals surface area contributed by atoms with Gasteiger partial charge in [-0.2, -0.15) is 0 Å². The maximum atomic E-state index is 11.3. The molecule has 0 fully saturated rings. The predicted octanol–water partition coefficient (Wildman–Crippen LogP) is 3.86. The Bertz CT molecular complexity index is 322. The minimum Gasteiger partial charge on any atom is -0.455 e. The van der Waals surface area contributed by atoms with Crippen LogP contribution in [0.3, 0.4) is 0 Å². The van der Waals surface area contributed by atoms with E-state index in [0.717, 1.165) is 12.2 Å². The van der Waals surface area contributed by atoms with Crippen LogP contribution < -0.4 is 0 Å². The largest absolute Gasteiger partial charge is 0.455 e. The zero-order valence-corrected chi connectivity index (χ0v) is 11.3. The van der Waals surface area contributed by atoms with Gasteiger partial charge in [-0.25, -0.2) is 0 Å². The first-order chi connectivity index (χ1) is 8.18. The van der Waals surface area contributed by atoms with E-state index in [9.17, 15) is 4.79 Å². The fourth-order valence-electron chi connectivity index (χ4n) is 1.32. The summed E-state index contributed by atoms with van der Waals surface area (Å²) in [6.07, 6.45) is 1.44. The van der Waals surface area contributed by atoms with Gasteiger partial charge in [-0.3, -0.25) is 4.79 Å². The minimum atomic E-state index is -0.0840. The molecule has 0 saturated carbocycles. The Morgan fingerprint density at radius 2 is 2.00 bits per heavy atom. The van der Waals surface area contributed by atoms with Crippen LogP contribution in [0.4, 0.5) is 0 Å². The van der Waals surface area contributed by atoms with Crippen molar-refractivity contribution in [1.82, 2.24) is 0 Å². The Hall–Kier alpha value is -0.960. The molecule has 0 heterocycles. The van der Waals surface area contributed by atoms with Crippen LogP contribution in [0.15, 0.2) is 30.3 Å². The van der Waals surface area contributed by atoms with E-state index in [0.29, 0.717) is 18.3 Å². The fourth-order valence-corrected chi connectivity index (χ4v) is 2.05. The van der Waals surface area contributed by atoms with Crippen LogP contribution in [0.1, 0.15) is 32.3 Å². The van der Waals surface area contributed by atoms with Crippen LogP contribution >= 0.6 is 11.8 Å². The van der Waals surface area contributed by atoms with Gasteiger partial charge in [0, 0.05) is 12.2 Å². The van der Waals surface area contributed by atoms with E-state index in [-0.39, 0.29) is 5.97 Å². The van der Waals surface area contributed by atoms with Crippen LogP contribution in [0.25, 0.3) is 0 Å². The Labute approximate surface area is 108 Å². The lowest BCUT2D eigenvalue weighted by Crippen LogP contribution is -2.05. The third kappa shape index (κ3) is 7.05. The molecule has 0 atom stereocenters. The zero-order valence-electron chi connectivity index (χ0n) is 10.5. The van der Waals surface area contributed by atoms with Gasteiger partial charge in [0.15, 0.2) is 0 Å². The molecular formula is C14H20O2S. The quantitative estimate of drug-likeness (QED) is 0.419. The molecule has 0 N–H and O–H groups in total. The minimum absolute atomic E-state index is 0.0840. The summed E-state index contributed by atoms with van der Waals surface area (Å²) in [7, 11) is 0. The molecule has 17 heavy (non-hydrogen) atoms. The Morgan fingerprint density at radius 3 is 2.65 bits per heavy atom. The molecule has 0 saturated heterocycles. The normalized spacial score (nSPS) is 10.5. The van der Waals surface area contributed by atoms with Gasteiger partial charge in [0.1, 0.15) is 5.94 Å². The molecule has 0 radical (unpaired) electrons. The summed E-state index contributed by atoms with van der Waals surface area (Å²) < 4.78 is 5.14. The van der Waals surface area contributed by atoms with Gasteiger partial charge in [-0.05, 0) is 17.9 Å². The van der Waals surface area contributed by atoms with E-state index < -0.39 is 0 Å². The van der Waals surface area contributed by atoms with Crippen molar-refractivity contribution in [2.24, 2.45) is 5.92 Å². The Kier molecular flexibility index (Phi) is 6.78. The number of benzene rings is 1. The number of ether oxygens (including phenoxy) is 1. The monoisotopic (exact) mass is 252 g/mol. The molecule has 1 rings (SSSR count). The van der Waals surface area contributed by atoms with Crippen LogP contribution in [0.2, 0.25) is 0 Å². The van der Waals surface area contributed by atoms with Gasteiger partial charge in [0.05, 0.1) is 0 Å². The van der Waals surface area contributed by atoms with E-state index in [4.69, 9.17) is 4.74 Å². The smallest absolute Gasteiger partial charge is 0.306 e. The first kappa shape index (κ1) is 14.1. The summed E-state index contributed by atoms with van der Waals surface area (Å²) in [5.74, 6) is 1.81. The van der Waals surface area contributed by atoms with E-state index in [1.807, 2.05) is 18.2 Å². The number of hydrogen-bond donors (Lipinski definition) is 0. The highest BCUT2D eigenvalue weighted by atomic mass is 32.2. The van der Waals surface area contributed by atoms with E-state index in [1.54, 1.807) is 11.8 Å². The van der Waals surface area contributed by atoms with Crippen molar-refractivity contribution in [2.45, 2.75) is 32.4 Å². The number of thioether (sulfide) groups is 1. The molecule has 0 aliphatic carbocycles. The molecule has 1 aromatic carbocycles. The summed E-state index contributed by atoms with van der Waals surface area (Å²) in [5.41, 5.74) is 1.26. The van der Waals surface area contributed by atoms with Gasteiger partial charge in [-0.15, -0.1) is 11.8 Å². The number of hydrogen-bond acceptors (Lipinski definition) is 3. The number of carbonyl (C=O) groups excluding carboxylic acids is 1. The van der Waals surface area contributed by atoms with Gasteiger partial charge in [-0.1, -0.05) is 44.2 Å². The van der Waals surface area contributed by atoms with Crippen LogP contribution in [-0.4, -0.2) is 11.9 Å². The van der Waals surface area contributed by atoms with E-state index in [2.05, 4.69) is 26.0 Å². The maximum absolute atomic E-state index is 11.3.